The standard InChI is InChI=1S/C12H12N2O2.C8H6N2O2.C4H8Br2/c13-9-12(7-1-2-8-12)10-3-5-11(6-4-10)14(15)16;9-6-5-7-1-3-8(4-2-7)10(11)12;5-3-1-2-4-6/h3-6H,1-2,7-8H2;1-4H,5H2;1-4H2. The summed E-state index contributed by atoms with van der Waals surface area (Å²) in [4.78, 5) is 19.9. The van der Waals surface area contributed by atoms with Crippen LogP contribution in [0.4, 0.5) is 11.4 Å². The van der Waals surface area contributed by atoms with Crippen LogP contribution in [0.3, 0.4) is 0 Å². The first-order valence-corrected chi connectivity index (χ1v) is 13.0. The summed E-state index contributed by atoms with van der Waals surface area (Å²) in [6.07, 6.45) is 6.70. The lowest BCUT2D eigenvalue weighted by Gasteiger charge is -2.20. The van der Waals surface area contributed by atoms with Crippen LogP contribution < -0.4 is 0 Å². The molecule has 3 rings (SSSR count). The number of nitro groups is 2. The van der Waals surface area contributed by atoms with E-state index in [-0.39, 0.29) is 17.8 Å². The van der Waals surface area contributed by atoms with Gasteiger partial charge in [-0.1, -0.05) is 69.0 Å². The van der Waals surface area contributed by atoms with E-state index in [1.54, 1.807) is 24.3 Å². The maximum absolute atomic E-state index is 10.5. The molecular weight excluding hydrogens is 568 g/mol. The minimum Gasteiger partial charge on any atom is -0.258 e. The van der Waals surface area contributed by atoms with Crippen molar-refractivity contribution < 1.29 is 9.85 Å². The van der Waals surface area contributed by atoms with Crippen LogP contribution >= 0.6 is 31.9 Å². The van der Waals surface area contributed by atoms with Crippen molar-refractivity contribution in [3.63, 3.8) is 0 Å². The zero-order chi connectivity index (χ0) is 25.4. The first-order chi connectivity index (χ1) is 16.3. The van der Waals surface area contributed by atoms with Gasteiger partial charge in [0.1, 0.15) is 0 Å². The Bertz CT molecular complexity index is 990. The van der Waals surface area contributed by atoms with Gasteiger partial charge in [0.05, 0.1) is 33.8 Å². The summed E-state index contributed by atoms with van der Waals surface area (Å²) in [5.74, 6) is 0. The Labute approximate surface area is 216 Å². The number of nitro benzene ring substituents is 2. The normalized spacial score (nSPS) is 13.2. The third kappa shape index (κ3) is 9.58. The zero-order valence-corrected chi connectivity index (χ0v) is 21.8. The summed E-state index contributed by atoms with van der Waals surface area (Å²) >= 11 is 6.66. The van der Waals surface area contributed by atoms with Gasteiger partial charge in [-0.05, 0) is 36.8 Å². The molecule has 180 valence electrons. The van der Waals surface area contributed by atoms with Gasteiger partial charge in [0.25, 0.3) is 11.4 Å². The lowest BCUT2D eigenvalue weighted by molar-refractivity contribution is -0.385. The summed E-state index contributed by atoms with van der Waals surface area (Å²) in [6, 6.07) is 16.7. The van der Waals surface area contributed by atoms with E-state index in [4.69, 9.17) is 5.26 Å². The van der Waals surface area contributed by atoms with E-state index in [1.807, 2.05) is 6.07 Å². The van der Waals surface area contributed by atoms with E-state index < -0.39 is 15.3 Å². The predicted octanol–water partition coefficient (Wildman–Crippen LogP) is 7.15. The van der Waals surface area contributed by atoms with Crippen molar-refractivity contribution in [3.05, 3.63) is 79.9 Å². The Kier molecular flexibility index (Phi) is 13.7. The van der Waals surface area contributed by atoms with E-state index in [1.165, 1.54) is 37.1 Å². The third-order valence-corrected chi connectivity index (χ3v) is 6.37. The SMILES string of the molecule is BrCCCCBr.N#CC1(c2ccc([N+](=O)[O-])cc2)CCCC1.N#CCc1ccc([N+](=O)[O-])cc1. The molecule has 8 nitrogen and oxygen atoms in total. The quantitative estimate of drug-likeness (QED) is 0.145. The number of nitrogens with zero attached hydrogens (tertiary/aromatic N) is 4. The van der Waals surface area contributed by atoms with Gasteiger partial charge in [0.15, 0.2) is 0 Å². The Morgan fingerprint density at radius 3 is 1.62 bits per heavy atom. The van der Waals surface area contributed by atoms with Crippen LogP contribution in [0.15, 0.2) is 48.5 Å². The number of benzene rings is 2. The van der Waals surface area contributed by atoms with Gasteiger partial charge in [-0.15, -0.1) is 0 Å². The van der Waals surface area contributed by atoms with E-state index in [0.717, 1.165) is 47.5 Å². The maximum Gasteiger partial charge on any atom is 0.269 e. The summed E-state index contributed by atoms with van der Waals surface area (Å²) < 4.78 is 0. The van der Waals surface area contributed by atoms with Crippen molar-refractivity contribution in [2.75, 3.05) is 10.7 Å². The molecule has 0 spiro atoms. The smallest absolute Gasteiger partial charge is 0.258 e. The molecule has 0 atom stereocenters. The second-order valence-corrected chi connectivity index (χ2v) is 9.13. The zero-order valence-electron chi connectivity index (χ0n) is 18.7. The van der Waals surface area contributed by atoms with Gasteiger partial charge in [-0.25, -0.2) is 0 Å². The van der Waals surface area contributed by atoms with Crippen molar-refractivity contribution in [1.82, 2.24) is 0 Å². The predicted molar refractivity (Wildman–Crippen MR) is 138 cm³/mol. The molecular formula is C24H26Br2N4O4. The molecule has 1 aliphatic carbocycles. The molecule has 0 radical (unpaired) electrons. The maximum atomic E-state index is 10.5. The highest BCUT2D eigenvalue weighted by atomic mass is 79.9. The number of halogens is 2. The second-order valence-electron chi connectivity index (χ2n) is 7.55. The number of hydrogen-bond acceptors (Lipinski definition) is 6. The molecule has 0 bridgehead atoms. The summed E-state index contributed by atoms with van der Waals surface area (Å²) in [7, 11) is 0. The highest BCUT2D eigenvalue weighted by Crippen LogP contribution is 2.40. The van der Waals surface area contributed by atoms with Crippen LogP contribution in [-0.2, 0) is 11.8 Å². The Hall–Kier alpha value is -2.82. The highest BCUT2D eigenvalue weighted by molar-refractivity contribution is 9.09. The lowest BCUT2D eigenvalue weighted by Crippen LogP contribution is -2.18. The summed E-state index contributed by atoms with van der Waals surface area (Å²) in [5.41, 5.74) is 1.43. The van der Waals surface area contributed by atoms with Crippen molar-refractivity contribution >= 4 is 43.2 Å². The molecule has 0 aromatic heterocycles. The molecule has 0 saturated heterocycles. The first-order valence-electron chi connectivity index (χ1n) is 10.7. The molecule has 1 aliphatic rings. The van der Waals surface area contributed by atoms with Crippen LogP contribution in [0.5, 0.6) is 0 Å². The van der Waals surface area contributed by atoms with E-state index >= 15 is 0 Å². The molecule has 0 N–H and O–H groups in total. The molecule has 2 aromatic rings. The van der Waals surface area contributed by atoms with Gasteiger partial charge >= 0.3 is 0 Å². The fourth-order valence-electron chi connectivity index (χ4n) is 3.36. The largest absolute Gasteiger partial charge is 0.269 e. The summed E-state index contributed by atoms with van der Waals surface area (Å²) in [5, 5.41) is 40.6. The number of nitriles is 2. The van der Waals surface area contributed by atoms with E-state index in [0.29, 0.717) is 0 Å². The molecule has 10 heteroatoms. The van der Waals surface area contributed by atoms with Gasteiger partial charge in [-0.3, -0.25) is 20.2 Å². The monoisotopic (exact) mass is 592 g/mol. The fraction of sp³-hybridized carbons (Fsp3) is 0.417. The molecule has 1 fully saturated rings. The lowest BCUT2D eigenvalue weighted by atomic mass is 9.80. The van der Waals surface area contributed by atoms with Crippen LogP contribution in [0, 0.1) is 42.9 Å². The second kappa shape index (κ2) is 15.9. The molecule has 34 heavy (non-hydrogen) atoms. The summed E-state index contributed by atoms with van der Waals surface area (Å²) in [6.45, 7) is 0. The van der Waals surface area contributed by atoms with Gasteiger partial charge < -0.3 is 0 Å². The van der Waals surface area contributed by atoms with Crippen LogP contribution in [0.2, 0.25) is 0 Å². The van der Waals surface area contributed by atoms with Crippen molar-refractivity contribution in [2.45, 2.75) is 50.4 Å². The third-order valence-electron chi connectivity index (χ3n) is 5.25. The molecule has 0 unspecified atom stereocenters. The van der Waals surface area contributed by atoms with Crippen molar-refractivity contribution in [3.8, 4) is 12.1 Å². The Morgan fingerprint density at radius 1 is 0.824 bits per heavy atom. The Morgan fingerprint density at radius 2 is 1.26 bits per heavy atom. The number of non-ortho nitro benzene ring substituents is 2. The van der Waals surface area contributed by atoms with E-state index in [2.05, 4.69) is 37.9 Å². The molecule has 0 heterocycles. The number of hydrogen-bond donors (Lipinski definition) is 0. The topological polar surface area (TPSA) is 134 Å². The first kappa shape index (κ1) is 29.2. The molecule has 1 saturated carbocycles. The van der Waals surface area contributed by atoms with Crippen LogP contribution in [-0.4, -0.2) is 20.5 Å². The van der Waals surface area contributed by atoms with Crippen molar-refractivity contribution in [2.24, 2.45) is 0 Å². The molecule has 0 aliphatic heterocycles. The van der Waals surface area contributed by atoms with E-state index in [9.17, 15) is 25.5 Å². The molecule has 0 amide bonds. The van der Waals surface area contributed by atoms with Gasteiger partial charge in [0, 0.05) is 34.9 Å². The Balaban J connectivity index is 0.000000284. The highest BCUT2D eigenvalue weighted by Gasteiger charge is 2.35. The van der Waals surface area contributed by atoms with Crippen LogP contribution in [0.25, 0.3) is 0 Å². The fourth-order valence-corrected chi connectivity index (χ4v) is 4.15. The van der Waals surface area contributed by atoms with Gasteiger partial charge in [-0.2, -0.15) is 10.5 Å². The molecule has 2 aromatic carbocycles. The average Bonchev–Trinajstić information content (AvgIpc) is 3.35. The minimum absolute atomic E-state index is 0.0525. The minimum atomic E-state index is -0.462. The van der Waals surface area contributed by atoms with Crippen molar-refractivity contribution in [1.29, 1.82) is 10.5 Å². The van der Waals surface area contributed by atoms with Crippen LogP contribution in [0.1, 0.15) is 49.7 Å². The average molecular weight is 594 g/mol. The number of alkyl halides is 2. The number of rotatable bonds is 7. The number of unbranched alkanes of at least 4 members (excludes halogenated alkanes) is 1. The van der Waals surface area contributed by atoms with Gasteiger partial charge in [0.2, 0.25) is 0 Å².